The fraction of sp³-hybridized carbons (Fsp3) is 0.261. The summed E-state index contributed by atoms with van der Waals surface area (Å²) in [6.07, 6.45) is 0. The van der Waals surface area contributed by atoms with Crippen molar-refractivity contribution in [2.45, 2.75) is 20.8 Å². The van der Waals surface area contributed by atoms with Crippen molar-refractivity contribution < 1.29 is 23.5 Å². The molecule has 0 aliphatic rings. The van der Waals surface area contributed by atoms with Gasteiger partial charge < -0.3 is 19.2 Å². The number of fused-ring (bicyclic) bond motifs is 1. The standard InChI is InChI=1S/C23H22ClNO6/c1-13(2)11-25-22(27)18-9-15-4-5-17(10-20(15)31-23(18)28)30-21(26)12-29-16-6-7-19(24)14(3)8-16/h4-10,13H,11-12H2,1-3H3,(H,25,27). The number of halogens is 1. The van der Waals surface area contributed by atoms with E-state index in [1.54, 1.807) is 30.3 Å². The Morgan fingerprint density at radius 2 is 1.84 bits per heavy atom. The zero-order valence-corrected chi connectivity index (χ0v) is 18.1. The Morgan fingerprint density at radius 1 is 1.10 bits per heavy atom. The van der Waals surface area contributed by atoms with Gasteiger partial charge in [-0.2, -0.15) is 0 Å². The zero-order valence-electron chi connectivity index (χ0n) is 17.4. The van der Waals surface area contributed by atoms with E-state index in [1.807, 2.05) is 20.8 Å². The van der Waals surface area contributed by atoms with Crippen molar-refractivity contribution in [3.8, 4) is 11.5 Å². The fourth-order valence-corrected chi connectivity index (χ4v) is 2.83. The van der Waals surface area contributed by atoms with Crippen molar-refractivity contribution in [3.05, 3.63) is 69.0 Å². The minimum atomic E-state index is -0.765. The van der Waals surface area contributed by atoms with Crippen LogP contribution in [0.4, 0.5) is 0 Å². The molecule has 0 aliphatic carbocycles. The van der Waals surface area contributed by atoms with E-state index in [1.165, 1.54) is 12.1 Å². The van der Waals surface area contributed by atoms with Crippen LogP contribution in [-0.2, 0) is 4.79 Å². The summed E-state index contributed by atoms with van der Waals surface area (Å²) in [4.78, 5) is 36.5. The first kappa shape index (κ1) is 22.4. The van der Waals surface area contributed by atoms with Gasteiger partial charge in [-0.25, -0.2) is 9.59 Å². The van der Waals surface area contributed by atoms with Crippen molar-refractivity contribution in [2.75, 3.05) is 13.2 Å². The van der Waals surface area contributed by atoms with Gasteiger partial charge in [0.2, 0.25) is 0 Å². The lowest BCUT2D eigenvalue weighted by molar-refractivity contribution is -0.136. The van der Waals surface area contributed by atoms with E-state index in [0.29, 0.717) is 22.7 Å². The zero-order chi connectivity index (χ0) is 22.5. The van der Waals surface area contributed by atoms with Crippen LogP contribution < -0.4 is 20.4 Å². The molecule has 7 nitrogen and oxygen atoms in total. The maximum absolute atomic E-state index is 12.2. The number of aryl methyl sites for hydroxylation is 1. The fourth-order valence-electron chi connectivity index (χ4n) is 2.72. The predicted octanol–water partition coefficient (Wildman–Crippen LogP) is 4.13. The van der Waals surface area contributed by atoms with Crippen molar-refractivity contribution in [3.63, 3.8) is 0 Å². The average Bonchev–Trinajstić information content (AvgIpc) is 2.72. The molecule has 0 radical (unpaired) electrons. The number of amides is 1. The first-order valence-electron chi connectivity index (χ1n) is 9.68. The molecule has 0 saturated heterocycles. The van der Waals surface area contributed by atoms with Crippen LogP contribution in [0.15, 0.2) is 51.7 Å². The minimum Gasteiger partial charge on any atom is -0.482 e. The summed E-state index contributed by atoms with van der Waals surface area (Å²) < 4.78 is 15.9. The van der Waals surface area contributed by atoms with E-state index >= 15 is 0 Å². The van der Waals surface area contributed by atoms with Crippen LogP contribution in [0.2, 0.25) is 5.02 Å². The number of esters is 1. The summed E-state index contributed by atoms with van der Waals surface area (Å²) in [5, 5.41) is 3.82. The molecule has 0 saturated carbocycles. The highest BCUT2D eigenvalue weighted by Crippen LogP contribution is 2.22. The summed E-state index contributed by atoms with van der Waals surface area (Å²) in [5.74, 6) is -0.185. The molecule has 31 heavy (non-hydrogen) atoms. The van der Waals surface area contributed by atoms with Crippen molar-refractivity contribution in [1.82, 2.24) is 5.32 Å². The summed E-state index contributed by atoms with van der Waals surface area (Å²) in [7, 11) is 0. The lowest BCUT2D eigenvalue weighted by Gasteiger charge is -2.09. The molecule has 0 fully saturated rings. The van der Waals surface area contributed by atoms with Crippen LogP contribution in [0.5, 0.6) is 11.5 Å². The number of ether oxygens (including phenoxy) is 2. The number of rotatable bonds is 7. The molecule has 3 aromatic rings. The van der Waals surface area contributed by atoms with Crippen molar-refractivity contribution >= 4 is 34.4 Å². The Morgan fingerprint density at radius 3 is 2.55 bits per heavy atom. The molecular formula is C23H22ClNO6. The molecule has 162 valence electrons. The third kappa shape index (κ3) is 5.86. The first-order chi connectivity index (χ1) is 14.7. The Balaban J connectivity index is 1.68. The first-order valence-corrected chi connectivity index (χ1v) is 10.1. The molecule has 1 aromatic heterocycles. The molecular weight excluding hydrogens is 422 g/mol. The Kier molecular flexibility index (Phi) is 6.97. The summed E-state index contributed by atoms with van der Waals surface area (Å²) in [5.41, 5.74) is 0.183. The molecule has 1 heterocycles. The molecule has 0 aliphatic heterocycles. The quantitative estimate of drug-likeness (QED) is 0.335. The van der Waals surface area contributed by atoms with Crippen LogP contribution in [0, 0.1) is 12.8 Å². The Hall–Kier alpha value is -3.32. The third-order valence-electron chi connectivity index (χ3n) is 4.34. The average molecular weight is 444 g/mol. The molecule has 0 bridgehead atoms. The van der Waals surface area contributed by atoms with E-state index in [2.05, 4.69) is 5.32 Å². The summed E-state index contributed by atoms with van der Waals surface area (Å²) >= 11 is 5.96. The maximum Gasteiger partial charge on any atom is 0.349 e. The van der Waals surface area contributed by atoms with Gasteiger partial charge in [-0.05, 0) is 54.8 Å². The van der Waals surface area contributed by atoms with Gasteiger partial charge in [0.15, 0.2) is 6.61 Å². The Bertz CT molecular complexity index is 1180. The van der Waals surface area contributed by atoms with E-state index in [4.69, 9.17) is 25.5 Å². The van der Waals surface area contributed by atoms with E-state index < -0.39 is 17.5 Å². The number of hydrogen-bond donors (Lipinski definition) is 1. The largest absolute Gasteiger partial charge is 0.482 e. The Labute approximate surface area is 183 Å². The molecule has 0 unspecified atom stereocenters. The van der Waals surface area contributed by atoms with Crippen LogP contribution in [0.25, 0.3) is 11.0 Å². The van der Waals surface area contributed by atoms with Gasteiger partial charge in [0.05, 0.1) is 0 Å². The topological polar surface area (TPSA) is 94.8 Å². The van der Waals surface area contributed by atoms with Crippen molar-refractivity contribution in [1.29, 1.82) is 0 Å². The van der Waals surface area contributed by atoms with E-state index in [-0.39, 0.29) is 29.4 Å². The predicted molar refractivity (Wildman–Crippen MR) is 117 cm³/mol. The normalized spacial score (nSPS) is 10.9. The van der Waals surface area contributed by atoms with E-state index in [9.17, 15) is 14.4 Å². The summed E-state index contributed by atoms with van der Waals surface area (Å²) in [6.45, 7) is 5.87. The molecule has 1 amide bonds. The van der Waals surface area contributed by atoms with Crippen LogP contribution in [0.3, 0.4) is 0 Å². The molecule has 1 N–H and O–H groups in total. The highest BCUT2D eigenvalue weighted by molar-refractivity contribution is 6.31. The number of nitrogens with one attached hydrogen (secondary N) is 1. The second-order valence-electron chi connectivity index (χ2n) is 7.42. The van der Waals surface area contributed by atoms with Gasteiger partial charge in [0.1, 0.15) is 22.6 Å². The summed E-state index contributed by atoms with van der Waals surface area (Å²) in [6, 6.07) is 11.1. The number of benzene rings is 2. The van der Waals surface area contributed by atoms with Crippen LogP contribution in [-0.4, -0.2) is 25.0 Å². The highest BCUT2D eigenvalue weighted by atomic mass is 35.5. The van der Waals surface area contributed by atoms with Gasteiger partial charge in [0, 0.05) is 23.0 Å². The number of carbonyl (C=O) groups is 2. The van der Waals surface area contributed by atoms with Gasteiger partial charge in [-0.1, -0.05) is 25.4 Å². The third-order valence-corrected chi connectivity index (χ3v) is 4.76. The van der Waals surface area contributed by atoms with Gasteiger partial charge >= 0.3 is 11.6 Å². The maximum atomic E-state index is 12.2. The monoisotopic (exact) mass is 443 g/mol. The molecule has 2 aromatic carbocycles. The highest BCUT2D eigenvalue weighted by Gasteiger charge is 2.15. The number of hydrogen-bond acceptors (Lipinski definition) is 6. The van der Waals surface area contributed by atoms with Gasteiger partial charge in [-0.3, -0.25) is 4.79 Å². The second-order valence-corrected chi connectivity index (χ2v) is 7.83. The SMILES string of the molecule is Cc1cc(OCC(=O)Oc2ccc3cc(C(=O)NCC(C)C)c(=O)oc3c2)ccc1Cl. The molecule has 3 rings (SSSR count). The minimum absolute atomic E-state index is 0.0791. The van der Waals surface area contributed by atoms with Gasteiger partial charge in [0.25, 0.3) is 5.91 Å². The van der Waals surface area contributed by atoms with Crippen LogP contribution >= 0.6 is 11.6 Å². The smallest absolute Gasteiger partial charge is 0.349 e. The second kappa shape index (κ2) is 9.66. The molecule has 8 heteroatoms. The molecule has 0 spiro atoms. The lowest BCUT2D eigenvalue weighted by Crippen LogP contribution is -2.31. The van der Waals surface area contributed by atoms with E-state index in [0.717, 1.165) is 5.56 Å². The number of carbonyl (C=O) groups excluding carboxylic acids is 2. The lowest BCUT2D eigenvalue weighted by atomic mass is 10.1. The van der Waals surface area contributed by atoms with Crippen molar-refractivity contribution in [2.24, 2.45) is 5.92 Å². The van der Waals surface area contributed by atoms with Crippen LogP contribution in [0.1, 0.15) is 29.8 Å². The van der Waals surface area contributed by atoms with Gasteiger partial charge in [-0.15, -0.1) is 0 Å². The molecule has 0 atom stereocenters.